The van der Waals surface area contributed by atoms with Crippen molar-refractivity contribution >= 4 is 11.9 Å². The van der Waals surface area contributed by atoms with Gasteiger partial charge in [-0.05, 0) is 60.9 Å². The van der Waals surface area contributed by atoms with E-state index in [4.69, 9.17) is 4.74 Å². The van der Waals surface area contributed by atoms with Gasteiger partial charge in [0.1, 0.15) is 17.2 Å². The number of aromatic hydroxyl groups is 2. The van der Waals surface area contributed by atoms with Crippen LogP contribution >= 0.6 is 0 Å². The van der Waals surface area contributed by atoms with Gasteiger partial charge in [-0.25, -0.2) is 0 Å². The summed E-state index contributed by atoms with van der Waals surface area (Å²) in [6.07, 6.45) is 6.19. The maximum Gasteiger partial charge on any atom is 0.185 e. The zero-order valence-electron chi connectivity index (χ0n) is 14.2. The Morgan fingerprint density at radius 3 is 2.56 bits per heavy atom. The first-order chi connectivity index (χ1) is 12.0. The molecule has 0 fully saturated rings. The molecule has 2 N–H and O–H groups in total. The molecule has 2 aromatic carbocycles. The van der Waals surface area contributed by atoms with Crippen molar-refractivity contribution in [2.24, 2.45) is 0 Å². The molecule has 0 spiro atoms. The molecule has 0 aliphatic rings. The van der Waals surface area contributed by atoms with Gasteiger partial charge in [-0.15, -0.1) is 6.58 Å². The van der Waals surface area contributed by atoms with Gasteiger partial charge in [-0.1, -0.05) is 13.0 Å². The molecule has 0 aliphatic heterocycles. The van der Waals surface area contributed by atoms with E-state index in [1.54, 1.807) is 36.4 Å². The van der Waals surface area contributed by atoms with Crippen LogP contribution in [0.5, 0.6) is 17.2 Å². The maximum atomic E-state index is 12.3. The average Bonchev–Trinajstić information content (AvgIpc) is 2.61. The van der Waals surface area contributed by atoms with Gasteiger partial charge in [-0.2, -0.15) is 0 Å². The molecular weight excluding hydrogens is 316 g/mol. The summed E-state index contributed by atoms with van der Waals surface area (Å²) in [5.41, 5.74) is 1.92. The third-order valence-electron chi connectivity index (χ3n) is 3.60. The minimum Gasteiger partial charge on any atom is -0.508 e. The summed E-state index contributed by atoms with van der Waals surface area (Å²) in [4.78, 5) is 12.3. The van der Waals surface area contributed by atoms with Crippen LogP contribution in [0.4, 0.5) is 0 Å². The number of carbonyl (C=O) groups is 1. The molecule has 0 atom stereocenters. The lowest BCUT2D eigenvalue weighted by atomic mass is 10.0. The predicted octanol–water partition coefficient (Wildman–Crippen LogP) is 4.51. The topological polar surface area (TPSA) is 66.8 Å². The number of hydrogen-bond acceptors (Lipinski definition) is 4. The van der Waals surface area contributed by atoms with Gasteiger partial charge in [0.15, 0.2) is 5.78 Å². The zero-order chi connectivity index (χ0) is 18.2. The molecule has 25 heavy (non-hydrogen) atoms. The van der Waals surface area contributed by atoms with E-state index in [-0.39, 0.29) is 17.3 Å². The second-order valence-corrected chi connectivity index (χ2v) is 5.60. The number of hydrogen-bond donors (Lipinski definition) is 2. The van der Waals surface area contributed by atoms with Gasteiger partial charge in [0.05, 0.1) is 6.61 Å². The molecule has 4 heteroatoms. The first-order valence-corrected chi connectivity index (χ1v) is 8.16. The van der Waals surface area contributed by atoms with E-state index in [1.165, 1.54) is 18.2 Å². The molecular formula is C21H22O4. The minimum atomic E-state index is -0.181. The smallest absolute Gasteiger partial charge is 0.185 e. The fraction of sp³-hybridized carbons (Fsp3) is 0.190. The van der Waals surface area contributed by atoms with Crippen molar-refractivity contribution in [3.8, 4) is 17.2 Å². The summed E-state index contributed by atoms with van der Waals surface area (Å²) in [6.45, 7) is 6.20. The lowest BCUT2D eigenvalue weighted by Gasteiger charge is -2.12. The molecule has 130 valence electrons. The Balaban J connectivity index is 2.31. The molecule has 0 saturated carbocycles. The van der Waals surface area contributed by atoms with Gasteiger partial charge in [-0.3, -0.25) is 4.79 Å². The second-order valence-electron chi connectivity index (χ2n) is 5.60. The number of rotatable bonds is 8. The second kappa shape index (κ2) is 8.73. The summed E-state index contributed by atoms with van der Waals surface area (Å²) in [6, 6.07) is 9.44. The number of ether oxygens (including phenoxy) is 1. The fourth-order valence-corrected chi connectivity index (χ4v) is 2.31. The Bertz CT molecular complexity index is 773. The summed E-state index contributed by atoms with van der Waals surface area (Å²) in [5, 5.41) is 19.4. The molecule has 0 heterocycles. The van der Waals surface area contributed by atoms with Crippen LogP contribution in [0, 0.1) is 0 Å². The molecule has 0 radical (unpaired) electrons. The van der Waals surface area contributed by atoms with Gasteiger partial charge in [0.25, 0.3) is 0 Å². The Hall–Kier alpha value is -3.01. The van der Waals surface area contributed by atoms with Crippen molar-refractivity contribution in [1.82, 2.24) is 0 Å². The van der Waals surface area contributed by atoms with Gasteiger partial charge in [0, 0.05) is 17.2 Å². The summed E-state index contributed by atoms with van der Waals surface area (Å²) in [5.74, 6) is 0.609. The third-order valence-corrected chi connectivity index (χ3v) is 3.60. The van der Waals surface area contributed by atoms with E-state index in [0.717, 1.165) is 17.5 Å². The highest BCUT2D eigenvalue weighted by Crippen LogP contribution is 2.30. The van der Waals surface area contributed by atoms with E-state index in [9.17, 15) is 15.0 Å². The molecule has 4 nitrogen and oxygen atoms in total. The van der Waals surface area contributed by atoms with Crippen molar-refractivity contribution in [3.05, 3.63) is 71.8 Å². The number of ketones is 1. The van der Waals surface area contributed by atoms with E-state index < -0.39 is 0 Å². The summed E-state index contributed by atoms with van der Waals surface area (Å²) >= 11 is 0. The van der Waals surface area contributed by atoms with Crippen LogP contribution in [0.1, 0.15) is 34.8 Å². The van der Waals surface area contributed by atoms with Gasteiger partial charge < -0.3 is 14.9 Å². The van der Waals surface area contributed by atoms with E-state index >= 15 is 0 Å². The fourth-order valence-electron chi connectivity index (χ4n) is 2.31. The molecule has 0 amide bonds. The van der Waals surface area contributed by atoms with Crippen LogP contribution in [0.25, 0.3) is 6.08 Å². The van der Waals surface area contributed by atoms with E-state index in [2.05, 4.69) is 6.58 Å². The van der Waals surface area contributed by atoms with Gasteiger partial charge in [0.2, 0.25) is 0 Å². The molecule has 0 aromatic heterocycles. The third kappa shape index (κ3) is 4.98. The van der Waals surface area contributed by atoms with Crippen LogP contribution in [0.3, 0.4) is 0 Å². The number of allylic oxidation sites excluding steroid dienone is 2. The number of carbonyl (C=O) groups excluding carboxylic acids is 1. The summed E-state index contributed by atoms with van der Waals surface area (Å²) in [7, 11) is 0. The quantitative estimate of drug-likeness (QED) is 0.422. The van der Waals surface area contributed by atoms with Crippen LogP contribution in [-0.4, -0.2) is 22.6 Å². The monoisotopic (exact) mass is 338 g/mol. The Morgan fingerprint density at radius 1 is 1.20 bits per heavy atom. The summed E-state index contributed by atoms with van der Waals surface area (Å²) < 4.78 is 5.67. The molecule has 0 aliphatic carbocycles. The first-order valence-electron chi connectivity index (χ1n) is 8.16. The molecule has 2 aromatic rings. The highest BCUT2D eigenvalue weighted by Gasteiger charge is 2.09. The van der Waals surface area contributed by atoms with Crippen LogP contribution in [-0.2, 0) is 6.42 Å². The lowest BCUT2D eigenvalue weighted by Crippen LogP contribution is -1.99. The standard InChI is InChI=1S/C21H22O4/c1-3-5-16-13-17(21(14-20(16)24)25-12-4-2)8-11-19(23)15-6-9-18(22)10-7-15/h3,6-11,13-14,22,24H,1,4-5,12H2,2H3/b11-8+. The van der Waals surface area contributed by atoms with Crippen molar-refractivity contribution in [3.63, 3.8) is 0 Å². The van der Waals surface area contributed by atoms with Crippen molar-refractivity contribution in [1.29, 1.82) is 0 Å². The van der Waals surface area contributed by atoms with Crippen molar-refractivity contribution in [2.45, 2.75) is 19.8 Å². The van der Waals surface area contributed by atoms with Crippen LogP contribution < -0.4 is 4.74 Å². The van der Waals surface area contributed by atoms with E-state index in [0.29, 0.717) is 24.3 Å². The molecule has 0 saturated heterocycles. The Labute approximate surface area is 147 Å². The first kappa shape index (κ1) is 18.3. The number of benzene rings is 2. The van der Waals surface area contributed by atoms with Crippen LogP contribution in [0.15, 0.2) is 55.1 Å². The number of phenolic OH excluding ortho intramolecular Hbond substituents is 2. The zero-order valence-corrected chi connectivity index (χ0v) is 14.2. The normalized spacial score (nSPS) is 10.8. The van der Waals surface area contributed by atoms with E-state index in [1.807, 2.05) is 6.92 Å². The Kier molecular flexibility index (Phi) is 6.40. The minimum absolute atomic E-state index is 0.114. The average molecular weight is 338 g/mol. The predicted molar refractivity (Wildman–Crippen MR) is 99.3 cm³/mol. The Morgan fingerprint density at radius 2 is 1.92 bits per heavy atom. The molecule has 0 bridgehead atoms. The molecule has 2 rings (SSSR count). The van der Waals surface area contributed by atoms with Crippen molar-refractivity contribution < 1.29 is 19.7 Å². The SMILES string of the molecule is C=CCc1cc(/C=C/C(=O)c2ccc(O)cc2)c(OCCC)cc1O. The highest BCUT2D eigenvalue weighted by atomic mass is 16.5. The lowest BCUT2D eigenvalue weighted by molar-refractivity contribution is 0.104. The maximum absolute atomic E-state index is 12.3. The van der Waals surface area contributed by atoms with Crippen LogP contribution in [0.2, 0.25) is 0 Å². The number of phenols is 2. The van der Waals surface area contributed by atoms with Gasteiger partial charge >= 0.3 is 0 Å². The molecule has 0 unspecified atom stereocenters. The largest absolute Gasteiger partial charge is 0.508 e. The highest BCUT2D eigenvalue weighted by molar-refractivity contribution is 6.07. The van der Waals surface area contributed by atoms with Crippen molar-refractivity contribution in [2.75, 3.05) is 6.61 Å².